The van der Waals surface area contributed by atoms with Crippen LogP contribution in [-0.2, 0) is 11.3 Å². The van der Waals surface area contributed by atoms with Crippen molar-refractivity contribution in [3.8, 4) is 0 Å². The fourth-order valence-corrected chi connectivity index (χ4v) is 3.05. The van der Waals surface area contributed by atoms with Crippen molar-refractivity contribution in [1.29, 1.82) is 0 Å². The van der Waals surface area contributed by atoms with Gasteiger partial charge in [0.15, 0.2) is 0 Å². The highest BCUT2D eigenvalue weighted by Crippen LogP contribution is 2.21. The fraction of sp³-hybridized carbons (Fsp3) is 0.500. The van der Waals surface area contributed by atoms with Crippen molar-refractivity contribution >= 4 is 33.4 Å². The summed E-state index contributed by atoms with van der Waals surface area (Å²) in [6.07, 6.45) is 3.51. The van der Waals surface area contributed by atoms with Gasteiger partial charge in [0.05, 0.1) is 6.54 Å². The van der Waals surface area contributed by atoms with E-state index in [0.717, 1.165) is 36.0 Å². The molecule has 1 fully saturated rings. The molecule has 0 radical (unpaired) electrons. The van der Waals surface area contributed by atoms with Crippen LogP contribution in [0, 0.1) is 0 Å². The quantitative estimate of drug-likeness (QED) is 0.909. The molecular weight excluding hydrogens is 328 g/mol. The lowest BCUT2D eigenvalue weighted by Gasteiger charge is -2.26. The molecule has 0 spiro atoms. The van der Waals surface area contributed by atoms with Crippen LogP contribution in [0.4, 0.5) is 0 Å². The van der Waals surface area contributed by atoms with Gasteiger partial charge in [0.25, 0.3) is 0 Å². The maximum absolute atomic E-state index is 12.0. The molecule has 1 aromatic rings. The molecule has 1 amide bonds. The molecule has 1 aliphatic rings. The SMILES string of the molecule is O=C(CNCc1ccc(Cl)cc1Br)N1CCCCC1. The van der Waals surface area contributed by atoms with Gasteiger partial charge in [-0.3, -0.25) is 4.79 Å². The molecule has 0 aromatic heterocycles. The molecule has 0 atom stereocenters. The minimum absolute atomic E-state index is 0.199. The highest BCUT2D eigenvalue weighted by atomic mass is 79.9. The van der Waals surface area contributed by atoms with Gasteiger partial charge in [-0.1, -0.05) is 33.6 Å². The van der Waals surface area contributed by atoms with Crippen molar-refractivity contribution < 1.29 is 4.79 Å². The first-order valence-corrected chi connectivity index (χ1v) is 7.76. The molecule has 2 rings (SSSR count). The second-order valence-corrected chi connectivity index (χ2v) is 6.07. The van der Waals surface area contributed by atoms with E-state index in [-0.39, 0.29) is 5.91 Å². The second-order valence-electron chi connectivity index (χ2n) is 4.78. The van der Waals surface area contributed by atoms with Crippen molar-refractivity contribution in [2.45, 2.75) is 25.8 Å². The Morgan fingerprint density at radius 1 is 1.32 bits per heavy atom. The summed E-state index contributed by atoms with van der Waals surface area (Å²) in [5, 5.41) is 3.90. The first-order chi connectivity index (χ1) is 9.16. The third-order valence-corrected chi connectivity index (χ3v) is 4.29. The lowest BCUT2D eigenvalue weighted by molar-refractivity contribution is -0.131. The lowest BCUT2D eigenvalue weighted by Crippen LogP contribution is -2.40. The molecule has 1 saturated heterocycles. The Morgan fingerprint density at radius 3 is 2.74 bits per heavy atom. The Kier molecular flexibility index (Phi) is 5.67. The van der Waals surface area contributed by atoms with Gasteiger partial charge in [0.2, 0.25) is 5.91 Å². The monoisotopic (exact) mass is 344 g/mol. The van der Waals surface area contributed by atoms with Gasteiger partial charge in [-0.2, -0.15) is 0 Å². The van der Waals surface area contributed by atoms with E-state index in [1.165, 1.54) is 6.42 Å². The first kappa shape index (κ1) is 14.8. The standard InChI is InChI=1S/C14H18BrClN2O/c15-13-8-12(16)5-4-11(13)9-17-10-14(19)18-6-2-1-3-7-18/h4-5,8,17H,1-3,6-7,9-10H2. The van der Waals surface area contributed by atoms with Crippen LogP contribution in [0.25, 0.3) is 0 Å². The van der Waals surface area contributed by atoms with Crippen molar-refractivity contribution in [3.63, 3.8) is 0 Å². The molecule has 5 heteroatoms. The molecule has 1 aromatic carbocycles. The Bertz CT molecular complexity index is 447. The van der Waals surface area contributed by atoms with Crippen molar-refractivity contribution in [2.75, 3.05) is 19.6 Å². The Hall–Kier alpha value is -0.580. The zero-order chi connectivity index (χ0) is 13.7. The number of benzene rings is 1. The van der Waals surface area contributed by atoms with E-state index in [9.17, 15) is 4.79 Å². The number of hydrogen-bond acceptors (Lipinski definition) is 2. The largest absolute Gasteiger partial charge is 0.342 e. The van der Waals surface area contributed by atoms with Crippen LogP contribution >= 0.6 is 27.5 Å². The van der Waals surface area contributed by atoms with Crippen molar-refractivity contribution in [1.82, 2.24) is 10.2 Å². The van der Waals surface area contributed by atoms with Crippen LogP contribution in [-0.4, -0.2) is 30.4 Å². The second kappa shape index (κ2) is 7.27. The number of likely N-dealkylation sites (tertiary alicyclic amines) is 1. The summed E-state index contributed by atoms with van der Waals surface area (Å²) in [4.78, 5) is 13.9. The molecule has 1 heterocycles. The van der Waals surface area contributed by atoms with Crippen LogP contribution in [0.5, 0.6) is 0 Å². The van der Waals surface area contributed by atoms with E-state index in [1.54, 1.807) is 0 Å². The topological polar surface area (TPSA) is 32.3 Å². The fourth-order valence-electron chi connectivity index (χ4n) is 2.22. The van der Waals surface area contributed by atoms with Gasteiger partial charge in [0, 0.05) is 29.1 Å². The maximum atomic E-state index is 12.0. The normalized spacial score (nSPS) is 15.6. The molecule has 0 bridgehead atoms. The summed E-state index contributed by atoms with van der Waals surface area (Å²) in [7, 11) is 0. The number of rotatable bonds is 4. The predicted octanol–water partition coefficient (Wildman–Crippen LogP) is 3.20. The summed E-state index contributed by atoms with van der Waals surface area (Å²) < 4.78 is 0.970. The molecule has 0 unspecified atom stereocenters. The van der Waals surface area contributed by atoms with Crippen LogP contribution in [0.15, 0.2) is 22.7 Å². The third kappa shape index (κ3) is 4.48. The van der Waals surface area contributed by atoms with Crippen LogP contribution in [0.1, 0.15) is 24.8 Å². The Morgan fingerprint density at radius 2 is 2.05 bits per heavy atom. The van der Waals surface area contributed by atoms with E-state index < -0.39 is 0 Å². The van der Waals surface area contributed by atoms with E-state index >= 15 is 0 Å². The summed E-state index contributed by atoms with van der Waals surface area (Å²) in [6, 6.07) is 5.69. The molecule has 0 aliphatic carbocycles. The number of nitrogens with one attached hydrogen (secondary N) is 1. The minimum atomic E-state index is 0.199. The lowest BCUT2D eigenvalue weighted by atomic mass is 10.1. The molecule has 104 valence electrons. The summed E-state index contributed by atoms with van der Waals surface area (Å²) in [5.41, 5.74) is 1.11. The van der Waals surface area contributed by atoms with Gasteiger partial charge < -0.3 is 10.2 Å². The molecule has 0 saturated carbocycles. The van der Waals surface area contributed by atoms with Gasteiger partial charge >= 0.3 is 0 Å². The van der Waals surface area contributed by atoms with Gasteiger partial charge in [0.1, 0.15) is 0 Å². The number of amides is 1. The number of nitrogens with zero attached hydrogens (tertiary/aromatic N) is 1. The maximum Gasteiger partial charge on any atom is 0.236 e. The zero-order valence-electron chi connectivity index (χ0n) is 10.8. The molecule has 1 aliphatic heterocycles. The number of hydrogen-bond donors (Lipinski definition) is 1. The number of halogens is 2. The van der Waals surface area contributed by atoms with Gasteiger partial charge in [-0.25, -0.2) is 0 Å². The average molecular weight is 346 g/mol. The van der Waals surface area contributed by atoms with Crippen LogP contribution in [0.3, 0.4) is 0 Å². The number of carbonyl (C=O) groups is 1. The van der Waals surface area contributed by atoms with Gasteiger partial charge in [-0.05, 0) is 37.0 Å². The van der Waals surface area contributed by atoms with E-state index in [1.807, 2.05) is 23.1 Å². The minimum Gasteiger partial charge on any atom is -0.342 e. The number of piperidine rings is 1. The van der Waals surface area contributed by atoms with E-state index in [2.05, 4.69) is 21.2 Å². The molecular formula is C14H18BrClN2O. The summed E-state index contributed by atoms with van der Waals surface area (Å²) in [6.45, 7) is 2.88. The van der Waals surface area contributed by atoms with E-state index in [0.29, 0.717) is 18.1 Å². The van der Waals surface area contributed by atoms with Crippen molar-refractivity contribution in [3.05, 3.63) is 33.3 Å². The van der Waals surface area contributed by atoms with Crippen LogP contribution < -0.4 is 5.32 Å². The summed E-state index contributed by atoms with van der Waals surface area (Å²) >= 11 is 9.36. The van der Waals surface area contributed by atoms with Crippen LogP contribution in [0.2, 0.25) is 5.02 Å². The Labute approximate surface area is 127 Å². The molecule has 1 N–H and O–H groups in total. The predicted molar refractivity (Wildman–Crippen MR) is 81.3 cm³/mol. The molecule has 3 nitrogen and oxygen atoms in total. The number of carbonyl (C=O) groups excluding carboxylic acids is 1. The van der Waals surface area contributed by atoms with E-state index in [4.69, 9.17) is 11.6 Å². The van der Waals surface area contributed by atoms with Crippen molar-refractivity contribution in [2.24, 2.45) is 0 Å². The summed E-state index contributed by atoms with van der Waals surface area (Å²) in [5.74, 6) is 0.199. The smallest absolute Gasteiger partial charge is 0.236 e. The van der Waals surface area contributed by atoms with Gasteiger partial charge in [-0.15, -0.1) is 0 Å². The zero-order valence-corrected chi connectivity index (χ0v) is 13.1. The first-order valence-electron chi connectivity index (χ1n) is 6.59. The Balaban J connectivity index is 1.78. The highest BCUT2D eigenvalue weighted by molar-refractivity contribution is 9.10. The third-order valence-electron chi connectivity index (χ3n) is 3.32. The molecule has 19 heavy (non-hydrogen) atoms. The highest BCUT2D eigenvalue weighted by Gasteiger charge is 2.15. The average Bonchev–Trinajstić information content (AvgIpc) is 2.42.